The monoisotopic (exact) mass is 363 g/mol. The van der Waals surface area contributed by atoms with Crippen LogP contribution in [0.5, 0.6) is 0 Å². The molecule has 2 aromatic carbocycles. The highest BCUT2D eigenvalue weighted by Gasteiger charge is 2.12. The summed E-state index contributed by atoms with van der Waals surface area (Å²) in [6.07, 6.45) is 0. The van der Waals surface area contributed by atoms with Crippen molar-refractivity contribution in [3.05, 3.63) is 70.9 Å². The summed E-state index contributed by atoms with van der Waals surface area (Å²) in [4.78, 5) is 18.2. The fourth-order valence-corrected chi connectivity index (χ4v) is 3.56. The first-order valence-corrected chi connectivity index (χ1v) is 9.43. The van der Waals surface area contributed by atoms with Gasteiger partial charge in [0.15, 0.2) is 0 Å². The Bertz CT molecular complexity index is 942. The largest absolute Gasteiger partial charge is 0.379 e. The first-order chi connectivity index (χ1) is 13.2. The van der Waals surface area contributed by atoms with Gasteiger partial charge in [-0.2, -0.15) is 0 Å². The van der Waals surface area contributed by atoms with E-state index in [0.29, 0.717) is 12.2 Å². The summed E-state index contributed by atoms with van der Waals surface area (Å²) >= 11 is 0. The number of fused-ring (bicyclic) bond motifs is 1. The molecule has 2 heterocycles. The van der Waals surface area contributed by atoms with Gasteiger partial charge in [0.05, 0.1) is 13.2 Å². The standard InChI is InChI=1S/C22H25N3O2/c1-16-4-2-7-19-13-20(24-21(16)19)22(26)23-14-17-5-3-6-18(12-17)15-25-8-10-27-11-9-25/h2-7,12-13,24H,8-11,14-15H2,1H3,(H,23,26). The molecular formula is C22H25N3O2. The second kappa shape index (κ2) is 7.94. The number of ether oxygens (including phenoxy) is 1. The normalized spacial score (nSPS) is 15.1. The van der Waals surface area contributed by atoms with E-state index in [2.05, 4.69) is 39.5 Å². The van der Waals surface area contributed by atoms with Gasteiger partial charge in [0, 0.05) is 37.1 Å². The molecule has 27 heavy (non-hydrogen) atoms. The molecule has 3 aromatic rings. The van der Waals surface area contributed by atoms with E-state index in [0.717, 1.165) is 54.9 Å². The van der Waals surface area contributed by atoms with Gasteiger partial charge in [0.25, 0.3) is 5.91 Å². The third kappa shape index (κ3) is 4.21. The van der Waals surface area contributed by atoms with Crippen molar-refractivity contribution in [2.24, 2.45) is 0 Å². The van der Waals surface area contributed by atoms with Crippen LogP contribution in [-0.2, 0) is 17.8 Å². The topological polar surface area (TPSA) is 57.4 Å². The molecule has 0 bridgehead atoms. The van der Waals surface area contributed by atoms with Crippen LogP contribution in [0.2, 0.25) is 0 Å². The SMILES string of the molecule is Cc1cccc2cc(C(=O)NCc3cccc(CN4CCOCC4)c3)[nH]c12. The van der Waals surface area contributed by atoms with E-state index in [1.54, 1.807) is 0 Å². The molecule has 2 N–H and O–H groups in total. The summed E-state index contributed by atoms with van der Waals surface area (Å²) in [5, 5.41) is 4.09. The predicted octanol–water partition coefficient (Wildman–Crippen LogP) is 3.24. The lowest BCUT2D eigenvalue weighted by Gasteiger charge is -2.26. The van der Waals surface area contributed by atoms with Crippen LogP contribution in [0.25, 0.3) is 10.9 Å². The highest BCUT2D eigenvalue weighted by atomic mass is 16.5. The molecule has 0 spiro atoms. The molecule has 0 unspecified atom stereocenters. The molecule has 0 atom stereocenters. The molecule has 1 saturated heterocycles. The zero-order valence-electron chi connectivity index (χ0n) is 15.6. The number of amides is 1. The maximum atomic E-state index is 12.5. The molecule has 1 aliphatic heterocycles. The molecule has 1 fully saturated rings. The van der Waals surface area contributed by atoms with Crippen LogP contribution in [0.3, 0.4) is 0 Å². The van der Waals surface area contributed by atoms with Gasteiger partial charge in [-0.1, -0.05) is 42.5 Å². The summed E-state index contributed by atoms with van der Waals surface area (Å²) in [6.45, 7) is 7.04. The lowest BCUT2D eigenvalue weighted by atomic mass is 10.1. The second-order valence-corrected chi connectivity index (χ2v) is 7.11. The number of benzene rings is 2. The zero-order chi connectivity index (χ0) is 18.6. The van der Waals surface area contributed by atoms with Crippen LogP contribution in [-0.4, -0.2) is 42.1 Å². The molecule has 140 valence electrons. The van der Waals surface area contributed by atoms with Gasteiger partial charge < -0.3 is 15.0 Å². The van der Waals surface area contributed by atoms with Crippen molar-refractivity contribution >= 4 is 16.8 Å². The van der Waals surface area contributed by atoms with Crippen LogP contribution in [0.1, 0.15) is 27.2 Å². The number of hydrogen-bond acceptors (Lipinski definition) is 3. The van der Waals surface area contributed by atoms with E-state index in [1.807, 2.05) is 31.2 Å². The van der Waals surface area contributed by atoms with Gasteiger partial charge in [-0.15, -0.1) is 0 Å². The van der Waals surface area contributed by atoms with Crippen molar-refractivity contribution in [1.82, 2.24) is 15.2 Å². The van der Waals surface area contributed by atoms with Gasteiger partial charge in [0.2, 0.25) is 0 Å². The number of aromatic amines is 1. The van der Waals surface area contributed by atoms with Crippen molar-refractivity contribution < 1.29 is 9.53 Å². The number of hydrogen-bond donors (Lipinski definition) is 2. The summed E-state index contributed by atoms with van der Waals surface area (Å²) in [5.74, 6) is -0.0795. The Labute approximate surface area is 159 Å². The molecule has 1 amide bonds. The fraction of sp³-hybridized carbons (Fsp3) is 0.318. The molecule has 0 saturated carbocycles. The number of morpholine rings is 1. The molecular weight excluding hydrogens is 338 g/mol. The van der Waals surface area contributed by atoms with Crippen LogP contribution in [0.4, 0.5) is 0 Å². The molecule has 5 nitrogen and oxygen atoms in total. The van der Waals surface area contributed by atoms with E-state index in [9.17, 15) is 4.79 Å². The van der Waals surface area contributed by atoms with Gasteiger partial charge >= 0.3 is 0 Å². The average Bonchev–Trinajstić information content (AvgIpc) is 3.13. The van der Waals surface area contributed by atoms with Crippen LogP contribution in [0.15, 0.2) is 48.5 Å². The first-order valence-electron chi connectivity index (χ1n) is 9.43. The number of aromatic nitrogens is 1. The Hall–Kier alpha value is -2.63. The van der Waals surface area contributed by atoms with Gasteiger partial charge in [-0.05, 0) is 29.7 Å². The summed E-state index contributed by atoms with van der Waals surface area (Å²) in [6, 6.07) is 16.4. The number of nitrogens with one attached hydrogen (secondary N) is 2. The van der Waals surface area contributed by atoms with E-state index < -0.39 is 0 Å². The Kier molecular flexibility index (Phi) is 5.23. The molecule has 0 aliphatic carbocycles. The third-order valence-electron chi connectivity index (χ3n) is 5.06. The van der Waals surface area contributed by atoms with Crippen LogP contribution in [0, 0.1) is 6.92 Å². The summed E-state index contributed by atoms with van der Waals surface area (Å²) in [5.41, 5.74) is 5.15. The Balaban J connectivity index is 1.39. The number of rotatable bonds is 5. The van der Waals surface area contributed by atoms with E-state index in [1.165, 1.54) is 5.56 Å². The van der Waals surface area contributed by atoms with E-state index >= 15 is 0 Å². The molecule has 5 heteroatoms. The molecule has 1 aliphatic rings. The maximum absolute atomic E-state index is 12.5. The highest BCUT2D eigenvalue weighted by Crippen LogP contribution is 2.19. The minimum absolute atomic E-state index is 0.0795. The number of aryl methyl sites for hydroxylation is 1. The van der Waals surface area contributed by atoms with E-state index in [4.69, 9.17) is 4.74 Å². The Morgan fingerprint density at radius 2 is 1.89 bits per heavy atom. The highest BCUT2D eigenvalue weighted by molar-refractivity contribution is 5.98. The average molecular weight is 363 g/mol. The Morgan fingerprint density at radius 1 is 1.11 bits per heavy atom. The second-order valence-electron chi connectivity index (χ2n) is 7.11. The number of para-hydroxylation sites is 1. The number of carbonyl (C=O) groups is 1. The van der Waals surface area contributed by atoms with Crippen molar-refractivity contribution in [3.63, 3.8) is 0 Å². The lowest BCUT2D eigenvalue weighted by molar-refractivity contribution is 0.0342. The van der Waals surface area contributed by atoms with Gasteiger partial charge in [0.1, 0.15) is 5.69 Å². The molecule has 4 rings (SSSR count). The summed E-state index contributed by atoms with van der Waals surface area (Å²) in [7, 11) is 0. The number of H-pyrrole nitrogens is 1. The molecule has 1 aromatic heterocycles. The molecule has 0 radical (unpaired) electrons. The van der Waals surface area contributed by atoms with Crippen LogP contribution >= 0.6 is 0 Å². The number of nitrogens with zero attached hydrogens (tertiary/aromatic N) is 1. The first kappa shape index (κ1) is 17.8. The summed E-state index contributed by atoms with van der Waals surface area (Å²) < 4.78 is 5.41. The third-order valence-corrected chi connectivity index (χ3v) is 5.06. The quantitative estimate of drug-likeness (QED) is 0.732. The lowest BCUT2D eigenvalue weighted by Crippen LogP contribution is -2.35. The Morgan fingerprint density at radius 3 is 2.70 bits per heavy atom. The van der Waals surface area contributed by atoms with Crippen molar-refractivity contribution in [1.29, 1.82) is 0 Å². The van der Waals surface area contributed by atoms with Gasteiger partial charge in [-0.25, -0.2) is 0 Å². The van der Waals surface area contributed by atoms with E-state index in [-0.39, 0.29) is 5.91 Å². The van der Waals surface area contributed by atoms with Crippen molar-refractivity contribution in [2.75, 3.05) is 26.3 Å². The van der Waals surface area contributed by atoms with Crippen LogP contribution < -0.4 is 5.32 Å². The number of carbonyl (C=O) groups excluding carboxylic acids is 1. The predicted molar refractivity (Wildman–Crippen MR) is 107 cm³/mol. The minimum atomic E-state index is -0.0795. The minimum Gasteiger partial charge on any atom is -0.379 e. The maximum Gasteiger partial charge on any atom is 0.267 e. The fourth-order valence-electron chi connectivity index (χ4n) is 3.56. The van der Waals surface area contributed by atoms with Crippen molar-refractivity contribution in [3.8, 4) is 0 Å². The smallest absolute Gasteiger partial charge is 0.267 e. The van der Waals surface area contributed by atoms with Crippen molar-refractivity contribution in [2.45, 2.75) is 20.0 Å². The zero-order valence-corrected chi connectivity index (χ0v) is 15.6. The van der Waals surface area contributed by atoms with Gasteiger partial charge in [-0.3, -0.25) is 9.69 Å².